The van der Waals surface area contributed by atoms with Crippen LogP contribution in [0.1, 0.15) is 49.8 Å². The van der Waals surface area contributed by atoms with Gasteiger partial charge in [0.2, 0.25) is 0 Å². The van der Waals surface area contributed by atoms with Crippen molar-refractivity contribution in [1.29, 1.82) is 5.26 Å². The molecule has 3 N–H and O–H groups in total. The zero-order valence-electron chi connectivity index (χ0n) is 26.0. The highest BCUT2D eigenvalue weighted by atomic mass is 19.4. The topological polar surface area (TPSA) is 103 Å². The van der Waals surface area contributed by atoms with Gasteiger partial charge in [0.15, 0.2) is 5.82 Å². The monoisotopic (exact) mass is 665 g/mol. The van der Waals surface area contributed by atoms with Crippen molar-refractivity contribution in [2.45, 2.75) is 64.2 Å². The number of piperazine rings is 1. The average Bonchev–Trinajstić information content (AvgIpc) is 3.33. The number of nitrogens with one attached hydrogen (secondary N) is 1. The molecule has 0 radical (unpaired) electrons. The van der Waals surface area contributed by atoms with Gasteiger partial charge in [-0.05, 0) is 50.9 Å². The normalized spacial score (nSPS) is 24.5. The summed E-state index contributed by atoms with van der Waals surface area (Å²) in [5.74, 6) is -5.92. The van der Waals surface area contributed by atoms with Crippen molar-refractivity contribution in [1.82, 2.24) is 20.2 Å². The van der Waals surface area contributed by atoms with Gasteiger partial charge in [-0.1, -0.05) is 6.92 Å². The van der Waals surface area contributed by atoms with Crippen molar-refractivity contribution in [2.24, 2.45) is 5.41 Å². The second-order valence-electron chi connectivity index (χ2n) is 13.0. The number of hydrogen-bond acceptors (Lipinski definition) is 8. The third-order valence-corrected chi connectivity index (χ3v) is 9.72. The van der Waals surface area contributed by atoms with E-state index in [1.807, 2.05) is 11.8 Å². The Balaban J connectivity index is 1.55. The van der Waals surface area contributed by atoms with Crippen LogP contribution in [0, 0.1) is 35.3 Å². The predicted molar refractivity (Wildman–Crippen MR) is 161 cm³/mol. The molecule has 0 unspecified atom stereocenters. The number of nitriles is 1. The minimum Gasteiger partial charge on any atom is -0.463 e. The van der Waals surface area contributed by atoms with Crippen molar-refractivity contribution in [3.63, 3.8) is 0 Å². The number of halogens is 7. The highest BCUT2D eigenvalue weighted by molar-refractivity contribution is 5.95. The Morgan fingerprint density at radius 2 is 1.81 bits per heavy atom. The first-order chi connectivity index (χ1) is 22.1. The van der Waals surface area contributed by atoms with Gasteiger partial charge in [0.05, 0.1) is 27.8 Å². The maximum absolute atomic E-state index is 16.7. The number of aryl methyl sites for hydroxylation is 1. The Labute approximate surface area is 266 Å². The lowest BCUT2D eigenvalue weighted by Gasteiger charge is -2.45. The highest BCUT2D eigenvalue weighted by Crippen LogP contribution is 2.47. The molecule has 3 atom stereocenters. The SMILES string of the molecule is CCN1CCC(F)(F)[C@](C)(COc2nc(N3C[C@H]4CC[C@@H](C3)N4)c3cc(F)c(-c4c(C#N)c(N)cc(C)c4C(F)(F)F)c(F)c3n2)C1. The number of hydrogen-bond donors (Lipinski definition) is 2. The Morgan fingerprint density at radius 1 is 1.13 bits per heavy atom. The molecular weight excluding hydrogens is 631 g/mol. The third kappa shape index (κ3) is 5.69. The number of ether oxygens (including phenoxy) is 1. The number of nitrogens with two attached hydrogens (primary N) is 1. The minimum atomic E-state index is -5.11. The first-order valence-electron chi connectivity index (χ1n) is 15.4. The van der Waals surface area contributed by atoms with Crippen LogP contribution < -0.4 is 20.7 Å². The maximum Gasteiger partial charge on any atom is 0.417 e. The molecule has 3 fully saturated rings. The first-order valence-corrected chi connectivity index (χ1v) is 15.4. The number of benzene rings is 2. The number of fused-ring (bicyclic) bond motifs is 3. The van der Waals surface area contributed by atoms with Crippen LogP contribution in [0.2, 0.25) is 0 Å². The molecule has 3 aromatic rings. The Bertz CT molecular complexity index is 1760. The molecule has 15 heteroatoms. The summed E-state index contributed by atoms with van der Waals surface area (Å²) in [5.41, 5.74) is -1.56. The van der Waals surface area contributed by atoms with E-state index in [1.165, 1.54) is 6.92 Å². The van der Waals surface area contributed by atoms with E-state index >= 15 is 17.6 Å². The average molecular weight is 666 g/mol. The largest absolute Gasteiger partial charge is 0.463 e. The van der Waals surface area contributed by atoms with Crippen LogP contribution in [-0.2, 0) is 6.18 Å². The fourth-order valence-corrected chi connectivity index (χ4v) is 7.18. The lowest BCUT2D eigenvalue weighted by Crippen LogP contribution is -2.56. The number of likely N-dealkylation sites (tertiary alicyclic amines) is 1. The highest BCUT2D eigenvalue weighted by Gasteiger charge is 2.54. The molecule has 0 aliphatic carbocycles. The summed E-state index contributed by atoms with van der Waals surface area (Å²) in [6.07, 6.45) is -3.79. The van der Waals surface area contributed by atoms with Crippen LogP contribution in [0.4, 0.5) is 42.2 Å². The molecule has 2 aromatic carbocycles. The predicted octanol–water partition coefficient (Wildman–Crippen LogP) is 6.04. The molecule has 8 nitrogen and oxygen atoms in total. The summed E-state index contributed by atoms with van der Waals surface area (Å²) in [5, 5.41) is 13.1. The van der Waals surface area contributed by atoms with Gasteiger partial charge in [0.1, 0.15) is 29.8 Å². The van der Waals surface area contributed by atoms with Crippen molar-refractivity contribution in [3.05, 3.63) is 40.5 Å². The van der Waals surface area contributed by atoms with Crippen molar-refractivity contribution in [3.8, 4) is 23.2 Å². The summed E-state index contributed by atoms with van der Waals surface area (Å²) >= 11 is 0. The molecule has 3 aliphatic heterocycles. The van der Waals surface area contributed by atoms with E-state index in [-0.39, 0.29) is 36.4 Å². The Kier molecular flexibility index (Phi) is 8.19. The maximum atomic E-state index is 16.7. The second-order valence-corrected chi connectivity index (χ2v) is 13.0. The van der Waals surface area contributed by atoms with Crippen LogP contribution in [-0.4, -0.2) is 72.2 Å². The van der Waals surface area contributed by atoms with E-state index in [1.54, 1.807) is 11.0 Å². The molecule has 2 bridgehead atoms. The van der Waals surface area contributed by atoms with Crippen molar-refractivity contribution in [2.75, 3.05) is 50.0 Å². The van der Waals surface area contributed by atoms with Gasteiger partial charge in [-0.3, -0.25) is 0 Å². The van der Waals surface area contributed by atoms with E-state index in [4.69, 9.17) is 10.5 Å². The molecule has 252 valence electrons. The van der Waals surface area contributed by atoms with Crippen LogP contribution in [0.5, 0.6) is 6.01 Å². The smallest absolute Gasteiger partial charge is 0.417 e. The van der Waals surface area contributed by atoms with Crippen LogP contribution in [0.3, 0.4) is 0 Å². The fourth-order valence-electron chi connectivity index (χ4n) is 7.18. The number of nitrogen functional groups attached to an aromatic ring is 1. The Hall–Kier alpha value is -3.90. The lowest BCUT2D eigenvalue weighted by molar-refractivity contribution is -0.171. The molecule has 6 rings (SSSR count). The summed E-state index contributed by atoms with van der Waals surface area (Å²) in [4.78, 5) is 12.2. The van der Waals surface area contributed by atoms with E-state index < -0.39 is 87.2 Å². The van der Waals surface area contributed by atoms with Crippen LogP contribution in [0.25, 0.3) is 22.0 Å². The van der Waals surface area contributed by atoms with E-state index in [9.17, 15) is 18.4 Å². The molecule has 3 aliphatic rings. The van der Waals surface area contributed by atoms with Gasteiger partial charge in [0.25, 0.3) is 5.92 Å². The van der Waals surface area contributed by atoms with E-state index in [2.05, 4.69) is 15.3 Å². The van der Waals surface area contributed by atoms with Crippen LogP contribution in [0.15, 0.2) is 12.1 Å². The summed E-state index contributed by atoms with van der Waals surface area (Å²) in [6.45, 7) is 5.32. The molecule has 1 aromatic heterocycles. The van der Waals surface area contributed by atoms with Gasteiger partial charge in [-0.25, -0.2) is 17.6 Å². The summed E-state index contributed by atoms with van der Waals surface area (Å²) in [6, 6.07) is 2.96. The Morgan fingerprint density at radius 3 is 2.43 bits per heavy atom. The number of alkyl halides is 5. The molecule has 3 saturated heterocycles. The summed E-state index contributed by atoms with van der Waals surface area (Å²) in [7, 11) is 0. The van der Waals surface area contributed by atoms with Gasteiger partial charge >= 0.3 is 12.2 Å². The van der Waals surface area contributed by atoms with Gasteiger partial charge in [0, 0.05) is 55.6 Å². The van der Waals surface area contributed by atoms with Crippen molar-refractivity contribution >= 4 is 22.4 Å². The molecule has 0 spiro atoms. The summed E-state index contributed by atoms with van der Waals surface area (Å²) < 4.78 is 112. The standard InChI is InChI=1S/C32H34F7N7O/c1-4-45-8-7-31(35,36)30(3,14-45)15-47-29-43-27-19(28(44-29)46-12-17-5-6-18(13-46)42-17)10-21(33)24(26(27)34)23-20(11-40)22(41)9-16(2)25(23)32(37,38)39/h9-10,17-18,42H,4-8,12-15,41H2,1-3H3/t17-,18+,30-/m0/s1. The number of anilines is 2. The van der Waals surface area contributed by atoms with E-state index in [0.717, 1.165) is 31.9 Å². The minimum absolute atomic E-state index is 0.00769. The third-order valence-electron chi connectivity index (χ3n) is 9.72. The number of rotatable bonds is 6. The fraction of sp³-hybridized carbons (Fsp3) is 0.531. The van der Waals surface area contributed by atoms with Gasteiger partial charge < -0.3 is 25.6 Å². The van der Waals surface area contributed by atoms with Gasteiger partial charge in [-0.2, -0.15) is 28.4 Å². The number of piperidine rings is 1. The van der Waals surface area contributed by atoms with Gasteiger partial charge in [-0.15, -0.1) is 0 Å². The lowest BCUT2D eigenvalue weighted by atomic mass is 9.79. The number of nitrogens with zero attached hydrogens (tertiary/aromatic N) is 5. The van der Waals surface area contributed by atoms with Crippen molar-refractivity contribution < 1.29 is 35.5 Å². The molecule has 0 saturated carbocycles. The molecule has 0 amide bonds. The molecule has 47 heavy (non-hydrogen) atoms. The molecule has 4 heterocycles. The van der Waals surface area contributed by atoms with Crippen LogP contribution >= 0.6 is 0 Å². The molecular formula is C32H34F7N7O. The first kappa shape index (κ1) is 33.0. The zero-order valence-corrected chi connectivity index (χ0v) is 26.0. The number of aromatic nitrogens is 2. The quantitative estimate of drug-likeness (QED) is 0.243. The second kappa shape index (κ2) is 11.7. The van der Waals surface area contributed by atoms with E-state index in [0.29, 0.717) is 19.6 Å². The zero-order chi connectivity index (χ0) is 34.1.